The van der Waals surface area contributed by atoms with Crippen LogP contribution in [0.3, 0.4) is 0 Å². The molecule has 5 heteroatoms. The van der Waals surface area contributed by atoms with Crippen LogP contribution in [0.25, 0.3) is 0 Å². The molecule has 0 unspecified atom stereocenters. The third kappa shape index (κ3) is 4.21. The lowest BCUT2D eigenvalue weighted by atomic mass is 10.2. The monoisotopic (exact) mass is 305 g/mol. The van der Waals surface area contributed by atoms with Gasteiger partial charge in [0, 0.05) is 11.3 Å². The van der Waals surface area contributed by atoms with Gasteiger partial charge in [0.2, 0.25) is 0 Å². The highest BCUT2D eigenvalue weighted by Crippen LogP contribution is 2.28. The second-order valence-corrected chi connectivity index (χ2v) is 5.00. The number of hydrogen-bond donors (Lipinski definition) is 2. The second-order valence-electron chi connectivity index (χ2n) is 4.59. The molecule has 0 atom stereocenters. The van der Waals surface area contributed by atoms with Crippen molar-refractivity contribution in [2.24, 2.45) is 0 Å². The summed E-state index contributed by atoms with van der Waals surface area (Å²) in [5.74, 6) is 0.0467. The highest BCUT2D eigenvalue weighted by atomic mass is 35.5. The molecular formula is C16H16ClNO3. The Morgan fingerprint density at radius 3 is 2.76 bits per heavy atom. The van der Waals surface area contributed by atoms with Gasteiger partial charge in [0.15, 0.2) is 6.61 Å². The molecule has 0 fully saturated rings. The van der Waals surface area contributed by atoms with Gasteiger partial charge in [-0.1, -0.05) is 35.9 Å². The minimum absolute atomic E-state index is 0.176. The van der Waals surface area contributed by atoms with Crippen LogP contribution in [0, 0.1) is 6.92 Å². The van der Waals surface area contributed by atoms with Crippen LogP contribution in [0.5, 0.6) is 5.75 Å². The summed E-state index contributed by atoms with van der Waals surface area (Å²) in [6, 6.07) is 12.5. The van der Waals surface area contributed by atoms with Crippen molar-refractivity contribution in [2.75, 3.05) is 11.9 Å². The number of ether oxygens (including phenoxy) is 1. The molecule has 0 radical (unpaired) electrons. The number of benzene rings is 2. The van der Waals surface area contributed by atoms with Crippen molar-refractivity contribution in [3.63, 3.8) is 0 Å². The van der Waals surface area contributed by atoms with E-state index in [2.05, 4.69) is 5.32 Å². The number of carbonyl (C=O) groups excluding carboxylic acids is 1. The van der Waals surface area contributed by atoms with Gasteiger partial charge in [-0.05, 0) is 30.7 Å². The van der Waals surface area contributed by atoms with Crippen LogP contribution < -0.4 is 10.1 Å². The first-order valence-corrected chi connectivity index (χ1v) is 6.85. The van der Waals surface area contributed by atoms with Gasteiger partial charge in [-0.15, -0.1) is 0 Å². The zero-order valence-corrected chi connectivity index (χ0v) is 12.4. The fourth-order valence-corrected chi connectivity index (χ4v) is 2.15. The molecule has 0 aliphatic rings. The lowest BCUT2D eigenvalue weighted by molar-refractivity contribution is -0.118. The van der Waals surface area contributed by atoms with Crippen molar-refractivity contribution in [1.82, 2.24) is 0 Å². The summed E-state index contributed by atoms with van der Waals surface area (Å²) < 4.78 is 5.42. The van der Waals surface area contributed by atoms with Crippen LogP contribution in [-0.4, -0.2) is 17.6 Å². The lowest BCUT2D eigenvalue weighted by Gasteiger charge is -2.12. The summed E-state index contributed by atoms with van der Waals surface area (Å²) in [7, 11) is 0. The number of nitrogens with one attached hydrogen (secondary N) is 1. The molecule has 0 saturated heterocycles. The largest absolute Gasteiger partial charge is 0.482 e. The molecule has 2 aromatic rings. The highest BCUT2D eigenvalue weighted by molar-refractivity contribution is 6.32. The smallest absolute Gasteiger partial charge is 0.262 e. The standard InChI is InChI=1S/C16H16ClNO3/c1-11-4-2-6-13(8-11)18-15(20)10-21-16-12(9-19)5-3-7-14(16)17/h2-8,19H,9-10H2,1H3,(H,18,20). The molecule has 0 spiro atoms. The zero-order chi connectivity index (χ0) is 15.2. The molecule has 0 aliphatic carbocycles. The summed E-state index contributed by atoms with van der Waals surface area (Å²) >= 11 is 6.00. The molecule has 0 heterocycles. The molecule has 1 amide bonds. The van der Waals surface area contributed by atoms with Crippen molar-refractivity contribution in [1.29, 1.82) is 0 Å². The average Bonchev–Trinajstić information content (AvgIpc) is 2.45. The molecule has 110 valence electrons. The Hall–Kier alpha value is -2.04. The zero-order valence-electron chi connectivity index (χ0n) is 11.6. The number of aliphatic hydroxyl groups excluding tert-OH is 1. The fourth-order valence-electron chi connectivity index (χ4n) is 1.90. The minimum atomic E-state index is -0.288. The third-order valence-electron chi connectivity index (χ3n) is 2.87. The quantitative estimate of drug-likeness (QED) is 0.892. The third-order valence-corrected chi connectivity index (χ3v) is 3.17. The number of rotatable bonds is 5. The summed E-state index contributed by atoms with van der Waals surface area (Å²) in [4.78, 5) is 11.9. The van der Waals surface area contributed by atoms with E-state index in [1.807, 2.05) is 25.1 Å². The van der Waals surface area contributed by atoms with Crippen molar-refractivity contribution < 1.29 is 14.6 Å². The predicted octanol–water partition coefficient (Wildman–Crippen LogP) is 3.16. The molecule has 0 bridgehead atoms. The van der Waals surface area contributed by atoms with Gasteiger partial charge in [0.25, 0.3) is 5.91 Å². The molecule has 0 aliphatic heterocycles. The molecule has 21 heavy (non-hydrogen) atoms. The number of aliphatic hydroxyl groups is 1. The predicted molar refractivity (Wildman–Crippen MR) is 82.7 cm³/mol. The van der Waals surface area contributed by atoms with E-state index >= 15 is 0 Å². The first kappa shape index (κ1) is 15.4. The van der Waals surface area contributed by atoms with Gasteiger partial charge in [-0.3, -0.25) is 4.79 Å². The van der Waals surface area contributed by atoms with E-state index in [0.717, 1.165) is 5.56 Å². The fraction of sp³-hybridized carbons (Fsp3) is 0.188. The topological polar surface area (TPSA) is 58.6 Å². The van der Waals surface area contributed by atoms with E-state index in [9.17, 15) is 9.90 Å². The van der Waals surface area contributed by atoms with Crippen molar-refractivity contribution in [3.8, 4) is 5.75 Å². The van der Waals surface area contributed by atoms with Gasteiger partial charge in [0.05, 0.1) is 11.6 Å². The van der Waals surface area contributed by atoms with Crippen molar-refractivity contribution >= 4 is 23.2 Å². The number of hydrogen-bond acceptors (Lipinski definition) is 3. The number of amides is 1. The summed E-state index contributed by atoms with van der Waals surface area (Å²) in [5.41, 5.74) is 2.32. The van der Waals surface area contributed by atoms with Crippen LogP contribution in [0.1, 0.15) is 11.1 Å². The average molecular weight is 306 g/mol. The van der Waals surface area contributed by atoms with Gasteiger partial charge < -0.3 is 15.2 Å². The van der Waals surface area contributed by atoms with Crippen molar-refractivity contribution in [2.45, 2.75) is 13.5 Å². The Kier molecular flexibility index (Phi) is 5.20. The molecule has 4 nitrogen and oxygen atoms in total. The van der Waals surface area contributed by atoms with Gasteiger partial charge in [-0.2, -0.15) is 0 Å². The number of para-hydroxylation sites is 1. The number of aryl methyl sites for hydroxylation is 1. The number of halogens is 1. The van der Waals surface area contributed by atoms with Crippen LogP contribution in [0.15, 0.2) is 42.5 Å². The molecule has 0 saturated carbocycles. The summed E-state index contributed by atoms with van der Waals surface area (Å²) in [5, 5.41) is 12.3. The van der Waals surface area contributed by atoms with E-state index in [0.29, 0.717) is 22.0 Å². The Balaban J connectivity index is 1.99. The van der Waals surface area contributed by atoms with Gasteiger partial charge in [-0.25, -0.2) is 0 Å². The van der Waals surface area contributed by atoms with Crippen LogP contribution in [0.4, 0.5) is 5.69 Å². The molecule has 2 N–H and O–H groups in total. The molecule has 0 aromatic heterocycles. The van der Waals surface area contributed by atoms with E-state index < -0.39 is 0 Å². The van der Waals surface area contributed by atoms with Crippen LogP contribution in [0.2, 0.25) is 5.02 Å². The molecular weight excluding hydrogens is 290 g/mol. The van der Waals surface area contributed by atoms with Gasteiger partial charge in [0.1, 0.15) is 5.75 Å². The first-order valence-electron chi connectivity index (χ1n) is 6.47. The second kappa shape index (κ2) is 7.11. The molecule has 2 aromatic carbocycles. The maximum Gasteiger partial charge on any atom is 0.262 e. The maximum atomic E-state index is 11.9. The van der Waals surface area contributed by atoms with E-state index in [-0.39, 0.29) is 19.1 Å². The minimum Gasteiger partial charge on any atom is -0.482 e. The van der Waals surface area contributed by atoms with E-state index in [1.54, 1.807) is 24.3 Å². The lowest BCUT2D eigenvalue weighted by Crippen LogP contribution is -2.20. The maximum absolute atomic E-state index is 11.9. The van der Waals surface area contributed by atoms with E-state index in [4.69, 9.17) is 16.3 Å². The Morgan fingerprint density at radius 1 is 1.29 bits per heavy atom. The highest BCUT2D eigenvalue weighted by Gasteiger charge is 2.10. The normalized spacial score (nSPS) is 10.2. The van der Waals surface area contributed by atoms with Crippen molar-refractivity contribution in [3.05, 3.63) is 58.6 Å². The summed E-state index contributed by atoms with van der Waals surface area (Å²) in [6.45, 7) is 1.57. The Labute approximate surface area is 128 Å². The first-order chi connectivity index (χ1) is 10.1. The molecule has 2 rings (SSSR count). The van der Waals surface area contributed by atoms with E-state index in [1.165, 1.54) is 0 Å². The number of carbonyl (C=O) groups is 1. The van der Waals surface area contributed by atoms with Crippen LogP contribution in [-0.2, 0) is 11.4 Å². The SMILES string of the molecule is Cc1cccc(NC(=O)COc2c(Cl)cccc2CO)c1. The Morgan fingerprint density at radius 2 is 2.05 bits per heavy atom. The van der Waals surface area contributed by atoms with Crippen LogP contribution >= 0.6 is 11.6 Å². The number of anilines is 1. The summed E-state index contributed by atoms with van der Waals surface area (Å²) in [6.07, 6.45) is 0. The Bertz CT molecular complexity index is 643. The van der Waals surface area contributed by atoms with Gasteiger partial charge >= 0.3 is 0 Å².